The second kappa shape index (κ2) is 6.66. The largest absolute Gasteiger partial charge is 0.480 e. The number of fused-ring (bicyclic) bond motifs is 1. The Kier molecular flexibility index (Phi) is 4.59. The first-order valence-corrected chi connectivity index (χ1v) is 8.46. The summed E-state index contributed by atoms with van der Waals surface area (Å²) in [5.74, 6) is -2.00. The normalized spacial score (nSPS) is 10.8. The van der Waals surface area contributed by atoms with Crippen molar-refractivity contribution in [2.75, 3.05) is 6.54 Å². The van der Waals surface area contributed by atoms with Crippen LogP contribution in [0.25, 0.3) is 21.2 Å². The van der Waals surface area contributed by atoms with Gasteiger partial charge in [0, 0.05) is 15.6 Å². The van der Waals surface area contributed by atoms with Gasteiger partial charge >= 0.3 is 5.97 Å². The van der Waals surface area contributed by atoms with E-state index in [0.717, 1.165) is 21.2 Å². The van der Waals surface area contributed by atoms with Gasteiger partial charge in [0.2, 0.25) is 0 Å². The summed E-state index contributed by atoms with van der Waals surface area (Å²) in [5.41, 5.74) is 1.85. The van der Waals surface area contributed by atoms with E-state index in [2.05, 4.69) is 26.2 Å². The van der Waals surface area contributed by atoms with E-state index in [9.17, 15) is 14.0 Å². The molecule has 0 aliphatic rings. The lowest BCUT2D eigenvalue weighted by Gasteiger charge is -2.05. The fourth-order valence-electron chi connectivity index (χ4n) is 2.21. The highest BCUT2D eigenvalue weighted by Gasteiger charge is 2.16. The SMILES string of the molecule is O=C(O)CNC(=O)c1cc2scc(-c3ccc(F)cc3)c2c(Br)n1. The quantitative estimate of drug-likeness (QED) is 0.645. The lowest BCUT2D eigenvalue weighted by atomic mass is 10.1. The number of aliphatic carboxylic acids is 1. The third kappa shape index (κ3) is 3.29. The van der Waals surface area contributed by atoms with Crippen LogP contribution in [0, 0.1) is 5.82 Å². The summed E-state index contributed by atoms with van der Waals surface area (Å²) >= 11 is 4.79. The average molecular weight is 409 g/mol. The van der Waals surface area contributed by atoms with Crippen LogP contribution in [0.5, 0.6) is 0 Å². The van der Waals surface area contributed by atoms with E-state index < -0.39 is 18.4 Å². The number of hydrogen-bond acceptors (Lipinski definition) is 4. The minimum atomic E-state index is -1.13. The molecule has 5 nitrogen and oxygen atoms in total. The zero-order chi connectivity index (χ0) is 17.3. The number of carboxylic acid groups (broad SMARTS) is 1. The highest BCUT2D eigenvalue weighted by atomic mass is 79.9. The van der Waals surface area contributed by atoms with Gasteiger partial charge < -0.3 is 10.4 Å². The van der Waals surface area contributed by atoms with Crippen LogP contribution in [0.3, 0.4) is 0 Å². The molecule has 2 N–H and O–H groups in total. The number of nitrogens with one attached hydrogen (secondary N) is 1. The molecule has 8 heteroatoms. The number of halogens is 2. The van der Waals surface area contributed by atoms with E-state index in [1.165, 1.54) is 23.5 Å². The van der Waals surface area contributed by atoms with E-state index in [-0.39, 0.29) is 11.5 Å². The molecule has 3 rings (SSSR count). The van der Waals surface area contributed by atoms with E-state index in [4.69, 9.17) is 5.11 Å². The molecule has 122 valence electrons. The number of thiophene rings is 1. The molecule has 3 aromatic rings. The molecule has 2 heterocycles. The first kappa shape index (κ1) is 16.5. The van der Waals surface area contributed by atoms with Crippen LogP contribution in [0.1, 0.15) is 10.5 Å². The van der Waals surface area contributed by atoms with Crippen LogP contribution in [-0.4, -0.2) is 28.5 Å². The second-order valence-corrected chi connectivity index (χ2v) is 6.57. The number of carboxylic acids is 1. The first-order chi connectivity index (χ1) is 11.5. The monoisotopic (exact) mass is 408 g/mol. The Hall–Kier alpha value is -2.32. The summed E-state index contributed by atoms with van der Waals surface area (Å²) in [5, 5.41) is 13.6. The van der Waals surface area contributed by atoms with E-state index in [0.29, 0.717) is 4.60 Å². The van der Waals surface area contributed by atoms with Crippen molar-refractivity contribution in [2.45, 2.75) is 0 Å². The number of benzene rings is 1. The molecule has 0 radical (unpaired) electrons. The van der Waals surface area contributed by atoms with Crippen LogP contribution in [0.2, 0.25) is 0 Å². The van der Waals surface area contributed by atoms with Crippen LogP contribution >= 0.6 is 27.3 Å². The van der Waals surface area contributed by atoms with Gasteiger partial charge in [0.25, 0.3) is 5.91 Å². The van der Waals surface area contributed by atoms with Crippen LogP contribution in [0.15, 0.2) is 40.3 Å². The number of rotatable bonds is 4. The Morgan fingerprint density at radius 2 is 2.00 bits per heavy atom. The molecule has 0 unspecified atom stereocenters. The smallest absolute Gasteiger partial charge is 0.322 e. The summed E-state index contributed by atoms with van der Waals surface area (Å²) in [6.45, 7) is -0.471. The van der Waals surface area contributed by atoms with Crippen molar-refractivity contribution >= 4 is 49.2 Å². The van der Waals surface area contributed by atoms with Gasteiger partial charge in [-0.15, -0.1) is 11.3 Å². The predicted molar refractivity (Wildman–Crippen MR) is 92.7 cm³/mol. The number of pyridine rings is 1. The minimum Gasteiger partial charge on any atom is -0.480 e. The molecular weight excluding hydrogens is 399 g/mol. The molecule has 0 aliphatic heterocycles. The standard InChI is InChI=1S/C16H10BrFN2O3S/c17-15-14-10(8-1-3-9(18)4-2-8)7-24-12(14)5-11(20-15)16(23)19-6-13(21)22/h1-5,7H,6H2,(H,19,23)(H,21,22). The molecule has 24 heavy (non-hydrogen) atoms. The van der Waals surface area contributed by atoms with Crippen LogP contribution in [-0.2, 0) is 4.79 Å². The lowest BCUT2D eigenvalue weighted by molar-refractivity contribution is -0.135. The third-order valence-corrected chi connectivity index (χ3v) is 4.80. The molecule has 0 saturated heterocycles. The molecule has 0 fully saturated rings. The molecule has 1 amide bonds. The molecule has 0 bridgehead atoms. The highest BCUT2D eigenvalue weighted by molar-refractivity contribution is 9.10. The Labute approximate surface area is 148 Å². The first-order valence-electron chi connectivity index (χ1n) is 6.79. The molecule has 2 aromatic heterocycles. The van der Waals surface area contributed by atoms with Crippen LogP contribution in [0.4, 0.5) is 4.39 Å². The number of carbonyl (C=O) groups is 2. The van der Waals surface area contributed by atoms with Crippen molar-refractivity contribution in [3.05, 3.63) is 51.8 Å². The average Bonchev–Trinajstić information content (AvgIpc) is 2.97. The van der Waals surface area contributed by atoms with Crippen molar-refractivity contribution in [1.82, 2.24) is 10.3 Å². The van der Waals surface area contributed by atoms with Gasteiger partial charge in [0.1, 0.15) is 22.7 Å². The summed E-state index contributed by atoms with van der Waals surface area (Å²) in [6.07, 6.45) is 0. The number of aromatic nitrogens is 1. The van der Waals surface area contributed by atoms with Gasteiger partial charge in [-0.05, 0) is 45.1 Å². The zero-order valence-corrected chi connectivity index (χ0v) is 14.4. The number of amides is 1. The Balaban J connectivity index is 2.01. The predicted octanol–water partition coefficient (Wildman–Crippen LogP) is 3.68. The Bertz CT molecular complexity index is 940. The van der Waals surface area contributed by atoms with Gasteiger partial charge in [0.05, 0.1) is 0 Å². The summed E-state index contributed by atoms with van der Waals surface area (Å²) in [7, 11) is 0. The molecule has 0 saturated carbocycles. The molecule has 0 atom stereocenters. The fourth-order valence-corrected chi connectivity index (χ4v) is 3.97. The Morgan fingerprint density at radius 1 is 1.29 bits per heavy atom. The maximum Gasteiger partial charge on any atom is 0.322 e. The maximum atomic E-state index is 13.1. The summed E-state index contributed by atoms with van der Waals surface area (Å²) in [4.78, 5) is 26.7. The number of carbonyl (C=O) groups excluding carboxylic acids is 1. The zero-order valence-electron chi connectivity index (χ0n) is 12.0. The van der Waals surface area contributed by atoms with Crippen molar-refractivity contribution in [3.63, 3.8) is 0 Å². The van der Waals surface area contributed by atoms with Crippen molar-refractivity contribution in [2.24, 2.45) is 0 Å². The van der Waals surface area contributed by atoms with Gasteiger partial charge in [0.15, 0.2) is 0 Å². The van der Waals surface area contributed by atoms with Gasteiger partial charge in [-0.3, -0.25) is 9.59 Å². The van der Waals surface area contributed by atoms with Gasteiger partial charge in [-0.25, -0.2) is 9.37 Å². The lowest BCUT2D eigenvalue weighted by Crippen LogP contribution is -2.29. The van der Waals surface area contributed by atoms with Gasteiger partial charge in [-0.2, -0.15) is 0 Å². The second-order valence-electron chi connectivity index (χ2n) is 4.90. The van der Waals surface area contributed by atoms with Crippen LogP contribution < -0.4 is 5.32 Å². The molecule has 0 spiro atoms. The minimum absolute atomic E-state index is 0.128. The van der Waals surface area contributed by atoms with E-state index >= 15 is 0 Å². The number of hydrogen-bond donors (Lipinski definition) is 2. The number of nitrogens with zero attached hydrogens (tertiary/aromatic N) is 1. The third-order valence-electron chi connectivity index (χ3n) is 3.30. The van der Waals surface area contributed by atoms with Crippen molar-refractivity contribution in [1.29, 1.82) is 0 Å². The van der Waals surface area contributed by atoms with Gasteiger partial charge in [-0.1, -0.05) is 12.1 Å². The maximum absolute atomic E-state index is 13.1. The van der Waals surface area contributed by atoms with Crippen molar-refractivity contribution in [3.8, 4) is 11.1 Å². The Morgan fingerprint density at radius 3 is 2.67 bits per heavy atom. The summed E-state index contributed by atoms with van der Waals surface area (Å²) < 4.78 is 14.4. The highest BCUT2D eigenvalue weighted by Crippen LogP contribution is 2.38. The van der Waals surface area contributed by atoms with E-state index in [1.54, 1.807) is 18.2 Å². The van der Waals surface area contributed by atoms with Crippen molar-refractivity contribution < 1.29 is 19.1 Å². The molecular formula is C16H10BrFN2O3S. The van der Waals surface area contributed by atoms with E-state index in [1.807, 2.05) is 5.38 Å². The molecule has 0 aliphatic carbocycles. The molecule has 1 aromatic carbocycles. The topological polar surface area (TPSA) is 79.3 Å². The summed E-state index contributed by atoms with van der Waals surface area (Å²) in [6, 6.07) is 7.73. The fraction of sp³-hybridized carbons (Fsp3) is 0.0625.